The van der Waals surface area contributed by atoms with Crippen LogP contribution in [0.1, 0.15) is 35.6 Å². The van der Waals surface area contributed by atoms with E-state index in [1.807, 2.05) is 18.2 Å². The van der Waals surface area contributed by atoms with Gasteiger partial charge in [0.1, 0.15) is 17.9 Å². The molecule has 4 amide bonds. The molecule has 1 atom stereocenters. The Hall–Kier alpha value is -3.22. The average molecular weight is 409 g/mol. The summed E-state index contributed by atoms with van der Waals surface area (Å²) in [5, 5.41) is 5.39. The van der Waals surface area contributed by atoms with E-state index < -0.39 is 23.4 Å². The number of carbonyl (C=O) groups is 3. The maximum atomic E-state index is 13.7. The van der Waals surface area contributed by atoms with Crippen LogP contribution in [0.4, 0.5) is 9.18 Å². The molecule has 0 bridgehead atoms. The first kappa shape index (κ1) is 20.1. The Balaban J connectivity index is 1.39. The van der Waals surface area contributed by atoms with Crippen molar-refractivity contribution in [2.45, 2.75) is 38.1 Å². The molecular weight excluding hydrogens is 385 g/mol. The molecule has 0 unspecified atom stereocenters. The van der Waals surface area contributed by atoms with Crippen molar-refractivity contribution >= 4 is 17.8 Å². The number of hydrogen-bond donors (Lipinski definition) is 2. The predicted molar refractivity (Wildman–Crippen MR) is 109 cm³/mol. The van der Waals surface area contributed by atoms with E-state index in [9.17, 15) is 18.8 Å². The van der Waals surface area contributed by atoms with Crippen molar-refractivity contribution in [3.8, 4) is 0 Å². The van der Waals surface area contributed by atoms with Gasteiger partial charge in [0.05, 0.1) is 0 Å². The van der Waals surface area contributed by atoms with Gasteiger partial charge in [-0.15, -0.1) is 0 Å². The van der Waals surface area contributed by atoms with Gasteiger partial charge in [-0.25, -0.2) is 9.18 Å². The maximum Gasteiger partial charge on any atom is 0.325 e. The van der Waals surface area contributed by atoms with E-state index in [0.717, 1.165) is 29.7 Å². The molecule has 1 aliphatic heterocycles. The Morgan fingerprint density at radius 2 is 1.93 bits per heavy atom. The number of imide groups is 1. The molecule has 2 aromatic carbocycles. The molecule has 30 heavy (non-hydrogen) atoms. The van der Waals surface area contributed by atoms with Crippen molar-refractivity contribution in [2.75, 3.05) is 13.1 Å². The van der Waals surface area contributed by atoms with Crippen LogP contribution in [-0.2, 0) is 34.4 Å². The van der Waals surface area contributed by atoms with E-state index in [1.54, 1.807) is 25.1 Å². The van der Waals surface area contributed by atoms with Gasteiger partial charge in [-0.1, -0.05) is 36.4 Å². The van der Waals surface area contributed by atoms with Gasteiger partial charge in [-0.3, -0.25) is 14.5 Å². The summed E-state index contributed by atoms with van der Waals surface area (Å²) < 4.78 is 13.7. The summed E-state index contributed by atoms with van der Waals surface area (Å²) in [5.41, 5.74) is 2.52. The molecule has 6 nitrogen and oxygen atoms in total. The van der Waals surface area contributed by atoms with E-state index in [1.165, 1.54) is 17.2 Å². The zero-order valence-electron chi connectivity index (χ0n) is 16.8. The molecule has 2 aliphatic rings. The number of hydrogen-bond acceptors (Lipinski definition) is 3. The second kappa shape index (κ2) is 7.89. The molecule has 2 N–H and O–H groups in total. The van der Waals surface area contributed by atoms with Crippen molar-refractivity contribution in [3.63, 3.8) is 0 Å². The minimum atomic E-state index is -1.19. The fourth-order valence-corrected chi connectivity index (χ4v) is 4.16. The van der Waals surface area contributed by atoms with E-state index in [0.29, 0.717) is 12.0 Å². The standard InChI is InChI=1S/C23H24FN3O3/c1-23(18-10-9-15-6-4-7-17(15)13-18)21(29)27(22(30)26-23)14-20(28)25-12-11-16-5-2-3-8-19(16)24/h2-3,5,8-10,13H,4,6-7,11-12,14H2,1H3,(H,25,28)(H,26,30)/t23-/m1/s1. The van der Waals surface area contributed by atoms with Crippen molar-refractivity contribution in [3.05, 3.63) is 70.5 Å². The minimum Gasteiger partial charge on any atom is -0.354 e. The summed E-state index contributed by atoms with van der Waals surface area (Å²) in [6, 6.07) is 11.6. The summed E-state index contributed by atoms with van der Waals surface area (Å²) in [5.74, 6) is -1.24. The van der Waals surface area contributed by atoms with Crippen LogP contribution in [-0.4, -0.2) is 35.8 Å². The lowest BCUT2D eigenvalue weighted by Gasteiger charge is -2.23. The van der Waals surface area contributed by atoms with Crippen LogP contribution >= 0.6 is 0 Å². The van der Waals surface area contributed by atoms with Crippen molar-refractivity contribution in [1.29, 1.82) is 0 Å². The topological polar surface area (TPSA) is 78.5 Å². The number of benzene rings is 2. The number of fused-ring (bicyclic) bond motifs is 1. The smallest absolute Gasteiger partial charge is 0.325 e. The minimum absolute atomic E-state index is 0.214. The molecule has 0 saturated carbocycles. The number of aryl methyl sites for hydroxylation is 2. The highest BCUT2D eigenvalue weighted by Gasteiger charge is 2.49. The summed E-state index contributed by atoms with van der Waals surface area (Å²) in [4.78, 5) is 38.7. The second-order valence-electron chi connectivity index (χ2n) is 7.97. The van der Waals surface area contributed by atoms with Gasteiger partial charge in [-0.05, 0) is 60.9 Å². The van der Waals surface area contributed by atoms with Gasteiger partial charge in [0, 0.05) is 6.54 Å². The van der Waals surface area contributed by atoms with E-state index in [4.69, 9.17) is 0 Å². The third-order valence-corrected chi connectivity index (χ3v) is 5.93. The van der Waals surface area contributed by atoms with E-state index >= 15 is 0 Å². The van der Waals surface area contributed by atoms with Gasteiger partial charge in [0.25, 0.3) is 5.91 Å². The number of nitrogens with zero attached hydrogens (tertiary/aromatic N) is 1. The predicted octanol–water partition coefficient (Wildman–Crippen LogP) is 2.44. The molecule has 2 aromatic rings. The molecule has 1 aliphatic carbocycles. The lowest BCUT2D eigenvalue weighted by Crippen LogP contribution is -2.43. The van der Waals surface area contributed by atoms with Crippen LogP contribution in [0.3, 0.4) is 0 Å². The number of rotatable bonds is 6. The van der Waals surface area contributed by atoms with Crippen LogP contribution in [0.25, 0.3) is 0 Å². The summed E-state index contributed by atoms with van der Waals surface area (Å²) in [6.45, 7) is 1.51. The zero-order chi connectivity index (χ0) is 21.3. The SMILES string of the molecule is C[C@]1(c2ccc3c(c2)CCC3)NC(=O)N(CC(=O)NCCc2ccccc2F)C1=O. The lowest BCUT2D eigenvalue weighted by molar-refractivity contribution is -0.134. The Labute approximate surface area is 174 Å². The Morgan fingerprint density at radius 1 is 1.17 bits per heavy atom. The van der Waals surface area contributed by atoms with Crippen LogP contribution in [0.15, 0.2) is 42.5 Å². The quantitative estimate of drug-likeness (QED) is 0.720. The first-order chi connectivity index (χ1) is 14.4. The normalized spacial score (nSPS) is 20.3. The van der Waals surface area contributed by atoms with Crippen LogP contribution in [0, 0.1) is 5.82 Å². The molecule has 0 aromatic heterocycles. The van der Waals surface area contributed by atoms with Crippen molar-refractivity contribution in [1.82, 2.24) is 15.5 Å². The fourth-order valence-electron chi connectivity index (χ4n) is 4.16. The summed E-state index contributed by atoms with van der Waals surface area (Å²) in [6.07, 6.45) is 3.42. The van der Waals surface area contributed by atoms with Crippen LogP contribution < -0.4 is 10.6 Å². The van der Waals surface area contributed by atoms with Gasteiger partial charge in [0.2, 0.25) is 5.91 Å². The molecule has 156 valence electrons. The number of nitrogens with one attached hydrogen (secondary N) is 2. The molecule has 0 spiro atoms. The molecule has 4 rings (SSSR count). The zero-order valence-corrected chi connectivity index (χ0v) is 16.8. The molecule has 7 heteroatoms. The Bertz CT molecular complexity index is 1020. The lowest BCUT2D eigenvalue weighted by atomic mass is 9.89. The van der Waals surface area contributed by atoms with Gasteiger partial charge >= 0.3 is 6.03 Å². The highest BCUT2D eigenvalue weighted by Crippen LogP contribution is 2.32. The van der Waals surface area contributed by atoms with Crippen LogP contribution in [0.5, 0.6) is 0 Å². The average Bonchev–Trinajstić information content (AvgIpc) is 3.28. The largest absolute Gasteiger partial charge is 0.354 e. The highest BCUT2D eigenvalue weighted by molar-refractivity contribution is 6.09. The van der Waals surface area contributed by atoms with Crippen LogP contribution in [0.2, 0.25) is 0 Å². The van der Waals surface area contributed by atoms with E-state index in [2.05, 4.69) is 10.6 Å². The maximum absolute atomic E-state index is 13.7. The first-order valence-electron chi connectivity index (χ1n) is 10.1. The van der Waals surface area contributed by atoms with Crippen molar-refractivity contribution in [2.24, 2.45) is 0 Å². The molecule has 1 heterocycles. The molecular formula is C23H24FN3O3. The molecule has 1 saturated heterocycles. The highest BCUT2D eigenvalue weighted by atomic mass is 19.1. The fraction of sp³-hybridized carbons (Fsp3) is 0.348. The summed E-state index contributed by atoms with van der Waals surface area (Å²) in [7, 11) is 0. The van der Waals surface area contributed by atoms with Gasteiger partial charge in [0.15, 0.2) is 0 Å². The number of halogens is 1. The number of carbonyl (C=O) groups excluding carboxylic acids is 3. The first-order valence-corrected chi connectivity index (χ1v) is 10.1. The Morgan fingerprint density at radius 3 is 2.73 bits per heavy atom. The number of amides is 4. The monoisotopic (exact) mass is 409 g/mol. The Kier molecular flexibility index (Phi) is 5.28. The number of urea groups is 1. The van der Waals surface area contributed by atoms with Gasteiger partial charge in [-0.2, -0.15) is 0 Å². The van der Waals surface area contributed by atoms with E-state index in [-0.39, 0.29) is 18.9 Å². The second-order valence-corrected chi connectivity index (χ2v) is 7.97. The molecule has 1 fully saturated rings. The van der Waals surface area contributed by atoms with Crippen molar-refractivity contribution < 1.29 is 18.8 Å². The third-order valence-electron chi connectivity index (χ3n) is 5.93. The molecule has 0 radical (unpaired) electrons. The summed E-state index contributed by atoms with van der Waals surface area (Å²) >= 11 is 0. The third kappa shape index (κ3) is 3.67. The van der Waals surface area contributed by atoms with Gasteiger partial charge < -0.3 is 10.6 Å².